The van der Waals surface area contributed by atoms with E-state index in [-0.39, 0.29) is 5.97 Å². The van der Waals surface area contributed by atoms with Crippen LogP contribution < -0.4 is 0 Å². The Morgan fingerprint density at radius 3 is 1.65 bits per heavy atom. The lowest BCUT2D eigenvalue weighted by Crippen LogP contribution is -2.58. The van der Waals surface area contributed by atoms with E-state index < -0.39 is 25.4 Å². The lowest BCUT2D eigenvalue weighted by atomic mass is 10.3. The summed E-state index contributed by atoms with van der Waals surface area (Å²) in [6, 6.07) is 4.87. The predicted molar refractivity (Wildman–Crippen MR) is 118 cm³/mol. The van der Waals surface area contributed by atoms with E-state index >= 15 is 0 Å². The van der Waals surface area contributed by atoms with E-state index in [2.05, 4.69) is 68.1 Å². The first-order chi connectivity index (χ1) is 11.9. The van der Waals surface area contributed by atoms with Crippen LogP contribution in [0.4, 0.5) is 0 Å². The van der Waals surface area contributed by atoms with E-state index in [0.717, 1.165) is 30.2 Å². The highest BCUT2D eigenvalue weighted by atomic mass is 28.5. The smallest absolute Gasteiger partial charge is 0.393 e. The van der Waals surface area contributed by atoms with Crippen molar-refractivity contribution in [3.05, 3.63) is 12.7 Å². The van der Waals surface area contributed by atoms with Crippen LogP contribution in [-0.4, -0.2) is 31.4 Å². The first-order valence-corrected chi connectivity index (χ1v) is 17.7. The van der Waals surface area contributed by atoms with Crippen LogP contribution in [0.3, 0.4) is 0 Å². The minimum atomic E-state index is -2.74. The van der Waals surface area contributed by atoms with E-state index in [1.54, 1.807) is 0 Å². The second-order valence-electron chi connectivity index (χ2n) is 8.58. The minimum Gasteiger partial charge on any atom is -0.492 e. The van der Waals surface area contributed by atoms with Gasteiger partial charge in [-0.15, -0.1) is 0 Å². The Kier molecular flexibility index (Phi) is 10.9. The molecule has 0 rings (SSSR count). The van der Waals surface area contributed by atoms with Crippen LogP contribution in [0, 0.1) is 11.8 Å². The third-order valence-corrected chi connectivity index (χ3v) is 19.2. The molecule has 0 aromatic rings. The Labute approximate surface area is 165 Å². The number of hydrogen-bond donors (Lipinski definition) is 0. The summed E-state index contributed by atoms with van der Waals surface area (Å²) in [4.78, 5) is 12.1. The van der Waals surface area contributed by atoms with Crippen molar-refractivity contribution >= 4 is 31.4 Å². The average molecular weight is 419 g/mol. The van der Waals surface area contributed by atoms with Gasteiger partial charge in [0.05, 0.1) is 0 Å². The molecule has 0 heterocycles. The molecule has 0 N–H and O–H groups in total. The van der Waals surface area contributed by atoms with Crippen LogP contribution in [-0.2, 0) is 17.5 Å². The summed E-state index contributed by atoms with van der Waals surface area (Å²) in [5.74, 6) is 0.425. The first-order valence-electron chi connectivity index (χ1n) is 10.1. The van der Waals surface area contributed by atoms with Crippen molar-refractivity contribution in [2.75, 3.05) is 0 Å². The predicted octanol–water partition coefficient (Wildman–Crippen LogP) is 6.21. The average Bonchev–Trinajstić information content (AvgIpc) is 2.50. The van der Waals surface area contributed by atoms with Gasteiger partial charge in [-0.1, -0.05) is 55.0 Å². The molecule has 0 amide bonds. The van der Waals surface area contributed by atoms with Crippen LogP contribution >= 0.6 is 0 Å². The van der Waals surface area contributed by atoms with Crippen LogP contribution in [0.1, 0.15) is 48.5 Å². The third-order valence-electron chi connectivity index (χ3n) is 4.72. The van der Waals surface area contributed by atoms with Crippen LogP contribution in [0.15, 0.2) is 12.7 Å². The van der Waals surface area contributed by atoms with Crippen molar-refractivity contribution in [2.24, 2.45) is 11.8 Å². The molecule has 0 saturated heterocycles. The van der Waals surface area contributed by atoms with E-state index in [4.69, 9.17) is 12.7 Å². The van der Waals surface area contributed by atoms with Crippen molar-refractivity contribution in [1.29, 1.82) is 0 Å². The zero-order chi connectivity index (χ0) is 20.6. The number of carbonyl (C=O) groups is 1. The molecule has 0 aliphatic carbocycles. The summed E-state index contributed by atoms with van der Waals surface area (Å²) in [5, 5.41) is 0. The topological polar surface area (TPSA) is 44.8 Å². The van der Waals surface area contributed by atoms with Gasteiger partial charge in [-0.05, 0) is 43.1 Å². The molecule has 0 aliphatic heterocycles. The molecule has 4 nitrogen and oxygen atoms in total. The standard InChI is InChI=1S/C19H42O4Si3/c1-11-19(20)21-26(15-17(5)6,16-18(7)8)23-24(9,10)22-25(12-2,13-3)14-4/h11,17-18H,1,12-16H2,2-10H3. The van der Waals surface area contributed by atoms with Crippen molar-refractivity contribution < 1.29 is 17.5 Å². The van der Waals surface area contributed by atoms with E-state index in [1.165, 1.54) is 6.08 Å². The maximum absolute atomic E-state index is 12.1. The highest BCUT2D eigenvalue weighted by molar-refractivity contribution is 6.88. The normalized spacial score (nSPS) is 13.3. The Bertz CT molecular complexity index is 428. The maximum Gasteiger partial charge on any atom is 0.393 e. The van der Waals surface area contributed by atoms with Crippen molar-refractivity contribution in [3.63, 3.8) is 0 Å². The highest BCUT2D eigenvalue weighted by Gasteiger charge is 2.49. The van der Waals surface area contributed by atoms with Gasteiger partial charge in [-0.3, -0.25) is 0 Å². The van der Waals surface area contributed by atoms with E-state index in [1.807, 2.05) is 0 Å². The molecule has 0 bridgehead atoms. The van der Waals surface area contributed by atoms with Gasteiger partial charge in [-0.2, -0.15) is 0 Å². The van der Waals surface area contributed by atoms with Gasteiger partial charge in [0.15, 0.2) is 8.32 Å². The third kappa shape index (κ3) is 8.65. The first kappa shape index (κ1) is 25.8. The summed E-state index contributed by atoms with van der Waals surface area (Å²) >= 11 is 0. The van der Waals surface area contributed by atoms with Gasteiger partial charge in [0.25, 0.3) is 0 Å². The van der Waals surface area contributed by atoms with Crippen molar-refractivity contribution in [3.8, 4) is 0 Å². The van der Waals surface area contributed by atoms with Gasteiger partial charge in [0.1, 0.15) is 0 Å². The molecule has 0 aromatic heterocycles. The second-order valence-corrected chi connectivity index (χ2v) is 20.3. The zero-order valence-electron chi connectivity index (χ0n) is 18.6. The number of carbonyl (C=O) groups excluding carboxylic acids is 1. The fraction of sp³-hybridized carbons (Fsp3) is 0.842. The molecular weight excluding hydrogens is 376 g/mol. The summed E-state index contributed by atoms with van der Waals surface area (Å²) in [6.45, 7) is 23.2. The second kappa shape index (κ2) is 10.9. The molecule has 26 heavy (non-hydrogen) atoms. The lowest BCUT2D eigenvalue weighted by Gasteiger charge is -2.43. The Hall–Kier alpha value is -0.219. The summed E-state index contributed by atoms with van der Waals surface area (Å²) < 4.78 is 19.6. The summed E-state index contributed by atoms with van der Waals surface area (Å²) in [7, 11) is -6.96. The molecule has 0 radical (unpaired) electrons. The van der Waals surface area contributed by atoms with Crippen molar-refractivity contribution in [2.45, 2.75) is 91.8 Å². The molecule has 7 heteroatoms. The molecular formula is C19H42O4Si3. The fourth-order valence-electron chi connectivity index (χ4n) is 3.70. The van der Waals surface area contributed by atoms with Gasteiger partial charge >= 0.3 is 23.1 Å². The molecule has 154 valence electrons. The van der Waals surface area contributed by atoms with Gasteiger partial charge < -0.3 is 12.7 Å². The molecule has 0 aliphatic rings. The fourth-order valence-corrected chi connectivity index (χ4v) is 19.3. The largest absolute Gasteiger partial charge is 0.492 e. The monoisotopic (exact) mass is 418 g/mol. The molecule has 0 spiro atoms. The Balaban J connectivity index is 5.77. The number of hydrogen-bond acceptors (Lipinski definition) is 4. The summed E-state index contributed by atoms with van der Waals surface area (Å²) in [6.07, 6.45) is 1.25. The molecule has 0 atom stereocenters. The van der Waals surface area contributed by atoms with Crippen LogP contribution in [0.5, 0.6) is 0 Å². The number of rotatable bonds is 13. The minimum absolute atomic E-state index is 0.368. The Morgan fingerprint density at radius 1 is 0.923 bits per heavy atom. The molecule has 0 saturated carbocycles. The van der Waals surface area contributed by atoms with Crippen LogP contribution in [0.25, 0.3) is 0 Å². The van der Waals surface area contributed by atoms with Crippen molar-refractivity contribution in [1.82, 2.24) is 0 Å². The van der Waals surface area contributed by atoms with Gasteiger partial charge in [-0.25, -0.2) is 4.79 Å². The quantitative estimate of drug-likeness (QED) is 0.263. The zero-order valence-corrected chi connectivity index (χ0v) is 21.6. The van der Waals surface area contributed by atoms with Gasteiger partial charge in [0.2, 0.25) is 0 Å². The van der Waals surface area contributed by atoms with Crippen LogP contribution in [0.2, 0.25) is 43.3 Å². The molecule has 0 fully saturated rings. The Morgan fingerprint density at radius 2 is 1.35 bits per heavy atom. The maximum atomic E-state index is 12.1. The summed E-state index contributed by atoms with van der Waals surface area (Å²) in [5.41, 5.74) is 0. The lowest BCUT2D eigenvalue weighted by molar-refractivity contribution is -0.130. The molecule has 0 aromatic carbocycles. The molecule has 0 unspecified atom stereocenters. The SMILES string of the molecule is C=CC(=O)O[Si](CC(C)C)(CC(C)C)O[Si](C)(C)O[Si](CC)(CC)CC. The van der Waals surface area contributed by atoms with E-state index in [0.29, 0.717) is 11.8 Å². The van der Waals surface area contributed by atoms with Gasteiger partial charge in [0, 0.05) is 18.2 Å². The highest BCUT2D eigenvalue weighted by Crippen LogP contribution is 2.34. The van der Waals surface area contributed by atoms with E-state index in [9.17, 15) is 4.79 Å².